The number of rotatable bonds is 6. The van der Waals surface area contributed by atoms with Gasteiger partial charge in [0, 0.05) is 23.9 Å². The standard InChI is InChI=1S/C19H21N5O4S/c1-28-15-7-6-13(12-16(15)29(26,27)23-14-4-2-3-5-14)19(25)22-18-8-10-20-17-9-11-21-24(17)18/h6-12,14,23H,2-5H2,1H3,(H,22,25). The molecule has 9 nitrogen and oxygen atoms in total. The highest BCUT2D eigenvalue weighted by atomic mass is 32.2. The van der Waals surface area contributed by atoms with Gasteiger partial charge < -0.3 is 10.1 Å². The van der Waals surface area contributed by atoms with Gasteiger partial charge in [0.25, 0.3) is 5.91 Å². The van der Waals surface area contributed by atoms with Crippen LogP contribution < -0.4 is 14.8 Å². The third-order valence-electron chi connectivity index (χ3n) is 4.92. The van der Waals surface area contributed by atoms with Crippen LogP contribution in [0.25, 0.3) is 5.65 Å². The van der Waals surface area contributed by atoms with Crippen LogP contribution in [-0.2, 0) is 10.0 Å². The van der Waals surface area contributed by atoms with Crippen molar-refractivity contribution < 1.29 is 17.9 Å². The molecule has 1 aromatic carbocycles. The molecule has 1 aliphatic rings. The van der Waals surface area contributed by atoms with Gasteiger partial charge in [0.2, 0.25) is 10.0 Å². The van der Waals surface area contributed by atoms with Crippen LogP contribution in [-0.4, -0.2) is 42.1 Å². The molecule has 152 valence electrons. The summed E-state index contributed by atoms with van der Waals surface area (Å²) in [6.07, 6.45) is 6.75. The number of hydrogen-bond donors (Lipinski definition) is 2. The number of nitrogens with one attached hydrogen (secondary N) is 2. The molecule has 0 bridgehead atoms. The Morgan fingerprint density at radius 1 is 1.17 bits per heavy atom. The van der Waals surface area contributed by atoms with E-state index in [1.807, 2.05) is 0 Å². The van der Waals surface area contributed by atoms with Crippen molar-refractivity contribution in [3.63, 3.8) is 0 Å². The maximum absolute atomic E-state index is 12.9. The Balaban J connectivity index is 1.63. The second kappa shape index (κ2) is 7.80. The lowest BCUT2D eigenvalue weighted by molar-refractivity contribution is 0.102. The summed E-state index contributed by atoms with van der Waals surface area (Å²) in [6.45, 7) is 0. The number of nitrogens with zero attached hydrogens (tertiary/aromatic N) is 3. The molecular weight excluding hydrogens is 394 g/mol. The van der Waals surface area contributed by atoms with Crippen LogP contribution in [0.4, 0.5) is 5.82 Å². The van der Waals surface area contributed by atoms with E-state index in [1.54, 1.807) is 24.5 Å². The first kappa shape index (κ1) is 19.3. The van der Waals surface area contributed by atoms with E-state index in [-0.39, 0.29) is 22.3 Å². The summed E-state index contributed by atoms with van der Waals surface area (Å²) in [7, 11) is -2.43. The van der Waals surface area contributed by atoms with Gasteiger partial charge in [-0.25, -0.2) is 18.1 Å². The fourth-order valence-corrected chi connectivity index (χ4v) is 4.97. The average Bonchev–Trinajstić information content (AvgIpc) is 3.39. The molecule has 0 aliphatic heterocycles. The number of ether oxygens (including phenoxy) is 1. The number of sulfonamides is 1. The van der Waals surface area contributed by atoms with Crippen LogP contribution in [0.15, 0.2) is 47.6 Å². The van der Waals surface area contributed by atoms with E-state index in [4.69, 9.17) is 4.74 Å². The van der Waals surface area contributed by atoms with E-state index in [0.29, 0.717) is 11.5 Å². The summed E-state index contributed by atoms with van der Waals surface area (Å²) in [6, 6.07) is 7.56. The molecule has 1 fully saturated rings. The summed E-state index contributed by atoms with van der Waals surface area (Å²) < 4.78 is 35.2. The molecular formula is C19H21N5O4S. The first-order valence-electron chi connectivity index (χ1n) is 9.28. The molecule has 0 radical (unpaired) electrons. The third-order valence-corrected chi connectivity index (χ3v) is 6.47. The second-order valence-electron chi connectivity index (χ2n) is 6.85. The zero-order chi connectivity index (χ0) is 20.4. The van der Waals surface area contributed by atoms with E-state index in [0.717, 1.165) is 25.7 Å². The maximum atomic E-state index is 12.9. The molecule has 2 heterocycles. The zero-order valence-electron chi connectivity index (χ0n) is 15.8. The number of amides is 1. The van der Waals surface area contributed by atoms with Gasteiger partial charge in [-0.15, -0.1) is 0 Å². The average molecular weight is 415 g/mol. The second-order valence-corrected chi connectivity index (χ2v) is 8.54. The fourth-order valence-electron chi connectivity index (χ4n) is 3.47. The first-order chi connectivity index (χ1) is 14.0. The van der Waals surface area contributed by atoms with Gasteiger partial charge in [0.05, 0.1) is 13.3 Å². The molecule has 1 amide bonds. The summed E-state index contributed by atoms with van der Waals surface area (Å²) in [5.74, 6) is 0.146. The molecule has 3 aromatic rings. The first-order valence-corrected chi connectivity index (χ1v) is 10.8. The molecule has 1 aliphatic carbocycles. The fraction of sp³-hybridized carbons (Fsp3) is 0.316. The van der Waals surface area contributed by atoms with Gasteiger partial charge in [0.1, 0.15) is 16.5 Å². The van der Waals surface area contributed by atoms with E-state index in [1.165, 1.54) is 29.8 Å². The van der Waals surface area contributed by atoms with Crippen molar-refractivity contribution in [2.24, 2.45) is 0 Å². The molecule has 1 saturated carbocycles. The number of anilines is 1. The molecule has 0 atom stereocenters. The topological polar surface area (TPSA) is 115 Å². The molecule has 0 unspecified atom stereocenters. The Morgan fingerprint density at radius 2 is 1.97 bits per heavy atom. The molecule has 10 heteroatoms. The van der Waals surface area contributed by atoms with Gasteiger partial charge >= 0.3 is 0 Å². The van der Waals surface area contributed by atoms with Crippen molar-refractivity contribution in [1.29, 1.82) is 0 Å². The highest BCUT2D eigenvalue weighted by Gasteiger charge is 2.26. The minimum Gasteiger partial charge on any atom is -0.495 e. The Morgan fingerprint density at radius 3 is 2.72 bits per heavy atom. The van der Waals surface area contributed by atoms with Crippen LogP contribution >= 0.6 is 0 Å². The van der Waals surface area contributed by atoms with Crippen LogP contribution in [0.1, 0.15) is 36.0 Å². The third kappa shape index (κ3) is 3.94. The van der Waals surface area contributed by atoms with E-state index < -0.39 is 15.9 Å². The lowest BCUT2D eigenvalue weighted by Crippen LogP contribution is -2.33. The summed E-state index contributed by atoms with van der Waals surface area (Å²) in [5, 5.41) is 6.86. The molecule has 2 N–H and O–H groups in total. The van der Waals surface area contributed by atoms with Gasteiger partial charge in [-0.3, -0.25) is 4.79 Å². The monoisotopic (exact) mass is 415 g/mol. The summed E-state index contributed by atoms with van der Waals surface area (Å²) in [4.78, 5) is 16.9. The van der Waals surface area contributed by atoms with Crippen LogP contribution in [0, 0.1) is 0 Å². The van der Waals surface area contributed by atoms with Crippen molar-refractivity contribution in [2.45, 2.75) is 36.6 Å². The van der Waals surface area contributed by atoms with Crippen molar-refractivity contribution in [1.82, 2.24) is 19.3 Å². The minimum atomic E-state index is -3.82. The predicted octanol–water partition coefficient (Wildman–Crippen LogP) is 2.21. The number of carbonyl (C=O) groups excluding carboxylic acids is 1. The molecule has 0 saturated heterocycles. The van der Waals surface area contributed by atoms with E-state index in [9.17, 15) is 13.2 Å². The quantitative estimate of drug-likeness (QED) is 0.638. The Hall–Kier alpha value is -2.98. The maximum Gasteiger partial charge on any atom is 0.256 e. The number of aromatic nitrogens is 3. The van der Waals surface area contributed by atoms with Crippen LogP contribution in [0.5, 0.6) is 5.75 Å². The van der Waals surface area contributed by atoms with Crippen molar-refractivity contribution >= 4 is 27.4 Å². The largest absolute Gasteiger partial charge is 0.495 e. The summed E-state index contributed by atoms with van der Waals surface area (Å²) in [5.41, 5.74) is 0.774. The Bertz CT molecular complexity index is 1150. The van der Waals surface area contributed by atoms with Gasteiger partial charge in [-0.2, -0.15) is 9.61 Å². The van der Waals surface area contributed by atoms with Crippen LogP contribution in [0.2, 0.25) is 0 Å². The number of benzene rings is 1. The molecule has 29 heavy (non-hydrogen) atoms. The number of methoxy groups -OCH3 is 1. The van der Waals surface area contributed by atoms with E-state index in [2.05, 4.69) is 20.1 Å². The minimum absolute atomic E-state index is 0.0569. The number of fused-ring (bicyclic) bond motifs is 1. The van der Waals surface area contributed by atoms with Crippen molar-refractivity contribution in [2.75, 3.05) is 12.4 Å². The van der Waals surface area contributed by atoms with Gasteiger partial charge in [-0.1, -0.05) is 12.8 Å². The van der Waals surface area contributed by atoms with Gasteiger partial charge in [0.15, 0.2) is 5.65 Å². The predicted molar refractivity (Wildman–Crippen MR) is 107 cm³/mol. The number of hydrogen-bond acceptors (Lipinski definition) is 6. The number of carbonyl (C=O) groups is 1. The van der Waals surface area contributed by atoms with E-state index >= 15 is 0 Å². The highest BCUT2D eigenvalue weighted by molar-refractivity contribution is 7.89. The summed E-state index contributed by atoms with van der Waals surface area (Å²) >= 11 is 0. The normalized spacial score (nSPS) is 14.9. The molecule has 2 aromatic heterocycles. The molecule has 4 rings (SSSR count). The zero-order valence-corrected chi connectivity index (χ0v) is 16.6. The SMILES string of the molecule is COc1ccc(C(=O)Nc2ccnc3ccnn23)cc1S(=O)(=O)NC1CCCC1. The van der Waals surface area contributed by atoms with Crippen molar-refractivity contribution in [3.05, 3.63) is 48.3 Å². The van der Waals surface area contributed by atoms with Crippen LogP contribution in [0.3, 0.4) is 0 Å². The Kier molecular flexibility index (Phi) is 5.20. The molecule has 0 spiro atoms. The van der Waals surface area contributed by atoms with Crippen molar-refractivity contribution in [3.8, 4) is 5.75 Å². The van der Waals surface area contributed by atoms with Gasteiger partial charge in [-0.05, 0) is 37.1 Å². The lowest BCUT2D eigenvalue weighted by atomic mass is 10.2. The Labute approximate surface area is 168 Å². The highest BCUT2D eigenvalue weighted by Crippen LogP contribution is 2.27. The lowest BCUT2D eigenvalue weighted by Gasteiger charge is -2.16. The smallest absolute Gasteiger partial charge is 0.256 e.